The second-order valence-corrected chi connectivity index (χ2v) is 15.8. The van der Waals surface area contributed by atoms with Crippen molar-refractivity contribution in [3.05, 3.63) is 173 Å². The molecule has 0 saturated heterocycles. The molecule has 7 aromatic carbocycles. The summed E-state index contributed by atoms with van der Waals surface area (Å²) in [7, 11) is 2.00. The van der Waals surface area contributed by atoms with Gasteiger partial charge in [0.15, 0.2) is 0 Å². The quantitative estimate of drug-likeness (QED) is 0.173. The minimum Gasteiger partial charge on any atom is 0.0620 e. The van der Waals surface area contributed by atoms with E-state index >= 15 is 0 Å². The van der Waals surface area contributed by atoms with Crippen molar-refractivity contribution in [1.82, 2.24) is 23.1 Å². The van der Waals surface area contributed by atoms with Gasteiger partial charge in [0.2, 0.25) is 0 Å². The molecule has 0 unspecified atom stereocenters. The van der Waals surface area contributed by atoms with Gasteiger partial charge in [0.1, 0.15) is 0 Å². The van der Waals surface area contributed by atoms with Gasteiger partial charge in [-0.2, -0.15) is 0 Å². The average Bonchev–Trinajstić information content (AvgIpc) is 3.98. The number of fused-ring (bicyclic) bond motifs is 10. The SMILES string of the molecule is [2H]C([2H])([2H])c1ccc(-n2[c](=[Pt])n(C)c3ccccc32)cc1Oc1ccc2c3cc4c5cccc6c7ccccc7n(c4cc3n(-c3cc(C([2H])([2H])[2H])c(-c4ccccc4)cn3)c2c1)c65. The summed E-state index contributed by atoms with van der Waals surface area (Å²) in [4.78, 5) is 5.01. The Bertz CT molecular complexity index is 3950. The van der Waals surface area contributed by atoms with Gasteiger partial charge in [-0.1, -0.05) is 66.7 Å². The maximum absolute atomic E-state index is 8.70. The molecule has 0 atom stereocenters. The van der Waals surface area contributed by atoms with E-state index < -0.39 is 13.7 Å². The van der Waals surface area contributed by atoms with Gasteiger partial charge in [0, 0.05) is 37.4 Å². The van der Waals surface area contributed by atoms with E-state index in [4.69, 9.17) is 17.9 Å². The van der Waals surface area contributed by atoms with Crippen LogP contribution in [0.1, 0.15) is 19.4 Å². The van der Waals surface area contributed by atoms with Gasteiger partial charge in [0.05, 0.1) is 16.6 Å². The fourth-order valence-electron chi connectivity index (χ4n) is 9.01. The Morgan fingerprint density at radius 1 is 0.552 bits per heavy atom. The zero-order valence-corrected chi connectivity index (χ0v) is 33.2. The van der Waals surface area contributed by atoms with Gasteiger partial charge >= 0.3 is 205 Å². The van der Waals surface area contributed by atoms with Crippen LogP contribution in [0.4, 0.5) is 0 Å². The molecule has 12 aromatic rings. The molecule has 58 heavy (non-hydrogen) atoms. The van der Waals surface area contributed by atoms with Crippen LogP contribution in [0, 0.1) is 17.5 Å². The van der Waals surface area contributed by atoms with Crippen molar-refractivity contribution in [3.8, 4) is 34.1 Å². The van der Waals surface area contributed by atoms with Crippen molar-refractivity contribution >= 4 is 70.9 Å². The van der Waals surface area contributed by atoms with Crippen molar-refractivity contribution in [2.24, 2.45) is 7.05 Å². The van der Waals surface area contributed by atoms with Crippen LogP contribution in [-0.2, 0) is 26.4 Å². The number of nitrogens with zero attached hydrogens (tertiary/aromatic N) is 5. The van der Waals surface area contributed by atoms with Crippen molar-refractivity contribution < 1.29 is 32.3 Å². The fraction of sp³-hybridized carbons (Fsp3) is 0.0588. The van der Waals surface area contributed by atoms with Crippen LogP contribution in [0.5, 0.6) is 11.5 Å². The Balaban J connectivity index is 1.12. The van der Waals surface area contributed by atoms with Crippen molar-refractivity contribution in [3.63, 3.8) is 0 Å². The van der Waals surface area contributed by atoms with E-state index in [0.29, 0.717) is 22.6 Å². The zero-order valence-electron chi connectivity index (χ0n) is 37.0. The Hall–Kier alpha value is -6.75. The largest absolute Gasteiger partial charge is 0.0620 e. The summed E-state index contributed by atoms with van der Waals surface area (Å²) in [6.45, 7) is -4.92. The molecule has 0 saturated carbocycles. The molecule has 0 N–H and O–H groups in total. The minimum atomic E-state index is -2.47. The Morgan fingerprint density at radius 2 is 1.26 bits per heavy atom. The summed E-state index contributed by atoms with van der Waals surface area (Å²) < 4.78 is 67.8. The van der Waals surface area contributed by atoms with Crippen LogP contribution >= 0.6 is 0 Å². The first-order valence-corrected chi connectivity index (χ1v) is 20.1. The molecule has 5 heterocycles. The van der Waals surface area contributed by atoms with Crippen LogP contribution in [0.2, 0.25) is 0 Å². The maximum Gasteiger partial charge on any atom is 0.0620 e. The van der Waals surface area contributed by atoms with Crippen LogP contribution in [0.3, 0.4) is 0 Å². The first-order valence-electron chi connectivity index (χ1n) is 22.0. The number of pyridine rings is 1. The number of ether oxygens (including phenoxy) is 1. The van der Waals surface area contributed by atoms with Crippen LogP contribution in [-0.4, -0.2) is 23.1 Å². The number of aromatic nitrogens is 5. The summed E-state index contributed by atoms with van der Waals surface area (Å²) in [6, 6.07) is 49.4. The molecule has 0 spiro atoms. The standard InChI is InChI=1S/C51H35N5O.Pt/c1-31-20-21-34(54-30-53(3)44-18-9-10-19-45(44)54)25-49(31)57-35-22-23-37-40-27-41-39-16-11-15-38-36-14-7-8-17-43(36)56(51(38)39)48(41)28-47(40)55(46(37)26-35)50-24-32(2)42(29-52-50)33-12-5-4-6-13-33;/h4-29H,1-3H3;/i1D3,2D3;. The van der Waals surface area contributed by atoms with E-state index in [1.807, 2.05) is 84.4 Å². The minimum absolute atomic E-state index is 0.0776. The normalized spacial score (nSPS) is 14.1. The third kappa shape index (κ3) is 4.70. The van der Waals surface area contributed by atoms with E-state index in [9.17, 15) is 0 Å². The monoisotopic (exact) mass is 934 g/mol. The first kappa shape index (κ1) is 27.8. The molecule has 0 fully saturated rings. The molecule has 5 aromatic heterocycles. The summed E-state index contributed by atoms with van der Waals surface area (Å²) in [6.07, 6.45) is 1.65. The van der Waals surface area contributed by atoms with Gasteiger partial charge in [-0.3, -0.25) is 0 Å². The molecule has 0 aliphatic rings. The van der Waals surface area contributed by atoms with E-state index in [-0.39, 0.29) is 16.9 Å². The van der Waals surface area contributed by atoms with Crippen molar-refractivity contribution in [2.45, 2.75) is 13.7 Å². The predicted molar refractivity (Wildman–Crippen MR) is 234 cm³/mol. The molecule has 280 valence electrons. The van der Waals surface area contributed by atoms with E-state index in [1.54, 1.807) is 24.4 Å². The van der Waals surface area contributed by atoms with E-state index in [0.717, 1.165) is 69.7 Å². The molecule has 0 radical (unpaired) electrons. The van der Waals surface area contributed by atoms with Crippen LogP contribution < -0.4 is 4.74 Å². The second kappa shape index (κ2) is 12.4. The Morgan fingerprint density at radius 3 is 2.10 bits per heavy atom. The molecular weight excluding hydrogens is 894 g/mol. The van der Waals surface area contributed by atoms with Gasteiger partial charge in [-0.15, -0.1) is 0 Å². The van der Waals surface area contributed by atoms with Crippen LogP contribution in [0.25, 0.3) is 93.6 Å². The number of hydrogen-bond acceptors (Lipinski definition) is 2. The molecule has 0 aliphatic heterocycles. The third-order valence-corrected chi connectivity index (χ3v) is 12.9. The topological polar surface area (TPSA) is 41.3 Å². The molecule has 12 rings (SSSR count). The molecule has 7 heteroatoms. The van der Waals surface area contributed by atoms with Gasteiger partial charge < -0.3 is 4.40 Å². The summed E-state index contributed by atoms with van der Waals surface area (Å²) >= 11 is 2.28. The Kier molecular flexibility index (Phi) is 5.93. The molecule has 6 nitrogen and oxygen atoms in total. The van der Waals surface area contributed by atoms with Gasteiger partial charge in [0.25, 0.3) is 0 Å². The Labute approximate surface area is 352 Å². The number of rotatable bonds is 5. The molecule has 0 aliphatic carbocycles. The molecule has 0 amide bonds. The fourth-order valence-corrected chi connectivity index (χ4v) is 9.85. The first-order chi connectivity index (χ1) is 30.8. The van der Waals surface area contributed by atoms with Crippen molar-refractivity contribution in [2.75, 3.05) is 0 Å². The third-order valence-electron chi connectivity index (χ3n) is 11.6. The van der Waals surface area contributed by atoms with Crippen LogP contribution in [0.15, 0.2) is 158 Å². The van der Waals surface area contributed by atoms with E-state index in [1.165, 1.54) is 10.8 Å². The molecule has 0 bridgehead atoms. The number of imidazole rings is 1. The molecular formula is C51H35N5OPt. The summed E-state index contributed by atoms with van der Waals surface area (Å²) in [5.74, 6) is 1.03. The summed E-state index contributed by atoms with van der Waals surface area (Å²) in [5.41, 5.74) is 9.10. The number of benzene rings is 7. The number of aryl methyl sites for hydroxylation is 3. The van der Waals surface area contributed by atoms with Gasteiger partial charge in [-0.25, -0.2) is 0 Å². The van der Waals surface area contributed by atoms with E-state index in [2.05, 4.69) is 93.6 Å². The van der Waals surface area contributed by atoms with Crippen molar-refractivity contribution in [1.29, 1.82) is 0 Å². The smallest absolute Gasteiger partial charge is 0.0620 e. The average molecular weight is 935 g/mol. The predicted octanol–water partition coefficient (Wildman–Crippen LogP) is 12.8. The summed E-state index contributed by atoms with van der Waals surface area (Å²) in [5, 5.41) is 6.42. The maximum atomic E-state index is 8.70. The zero-order chi connectivity index (χ0) is 43.8. The number of para-hydroxylation sites is 4. The van der Waals surface area contributed by atoms with Gasteiger partial charge in [-0.05, 0) is 24.0 Å². The number of hydrogen-bond donors (Lipinski definition) is 0. The second-order valence-electron chi connectivity index (χ2n) is 14.8.